The molecule has 142 valence electrons. The predicted molar refractivity (Wildman–Crippen MR) is 93.3 cm³/mol. The molecule has 0 radical (unpaired) electrons. The van der Waals surface area contributed by atoms with E-state index >= 15 is 0 Å². The van der Waals surface area contributed by atoms with Crippen molar-refractivity contribution in [3.63, 3.8) is 0 Å². The van der Waals surface area contributed by atoms with Gasteiger partial charge in [-0.2, -0.15) is 13.2 Å². The number of aromatic nitrogens is 3. The van der Waals surface area contributed by atoms with Crippen LogP contribution in [0.15, 0.2) is 65.2 Å². The van der Waals surface area contributed by atoms with Gasteiger partial charge in [-0.3, -0.25) is 9.20 Å². The molecule has 6 nitrogen and oxygen atoms in total. The van der Waals surface area contributed by atoms with Crippen LogP contribution in [0.1, 0.15) is 21.9 Å². The normalized spacial score (nSPS) is 11.7. The number of carbonyl (C=O) groups excluding carboxylic acids is 1. The van der Waals surface area contributed by atoms with Crippen molar-refractivity contribution in [2.75, 3.05) is 0 Å². The van der Waals surface area contributed by atoms with Crippen molar-refractivity contribution in [3.05, 3.63) is 77.9 Å². The van der Waals surface area contributed by atoms with E-state index in [0.29, 0.717) is 11.5 Å². The molecule has 1 N–H and O–H groups in total. The van der Waals surface area contributed by atoms with Crippen molar-refractivity contribution in [2.24, 2.45) is 0 Å². The Hall–Kier alpha value is -3.62. The van der Waals surface area contributed by atoms with E-state index in [9.17, 15) is 18.0 Å². The van der Waals surface area contributed by atoms with Crippen LogP contribution in [-0.4, -0.2) is 20.5 Å². The molecule has 28 heavy (non-hydrogen) atoms. The van der Waals surface area contributed by atoms with Crippen molar-refractivity contribution in [3.8, 4) is 11.3 Å². The molecular weight excluding hydrogens is 373 g/mol. The van der Waals surface area contributed by atoms with Crippen LogP contribution < -0.4 is 5.32 Å². The van der Waals surface area contributed by atoms with Crippen molar-refractivity contribution in [2.45, 2.75) is 12.7 Å². The van der Waals surface area contributed by atoms with E-state index in [0.717, 1.165) is 12.1 Å². The highest BCUT2D eigenvalue weighted by Gasteiger charge is 2.30. The molecule has 0 fully saturated rings. The molecule has 0 aliphatic carbocycles. The zero-order valence-corrected chi connectivity index (χ0v) is 14.3. The number of nitrogens with zero attached hydrogens (tertiary/aromatic N) is 3. The van der Waals surface area contributed by atoms with E-state index < -0.39 is 17.6 Å². The molecular formula is C19H13F3N4O2. The minimum atomic E-state index is -4.45. The predicted octanol–water partition coefficient (Wildman–Crippen LogP) is 3.94. The van der Waals surface area contributed by atoms with Gasteiger partial charge in [0.15, 0.2) is 17.2 Å². The van der Waals surface area contributed by atoms with Crippen LogP contribution in [0.25, 0.3) is 17.0 Å². The summed E-state index contributed by atoms with van der Waals surface area (Å²) in [5, 5.41) is 10.7. The molecule has 3 aromatic heterocycles. The Morgan fingerprint density at radius 1 is 1.07 bits per heavy atom. The monoisotopic (exact) mass is 386 g/mol. The molecule has 0 aliphatic heterocycles. The number of hydrogen-bond donors (Lipinski definition) is 1. The van der Waals surface area contributed by atoms with Crippen LogP contribution in [0.5, 0.6) is 0 Å². The lowest BCUT2D eigenvalue weighted by Crippen LogP contribution is -2.23. The fraction of sp³-hybridized carbons (Fsp3) is 0.105. The Morgan fingerprint density at radius 3 is 2.75 bits per heavy atom. The third-order valence-corrected chi connectivity index (χ3v) is 4.10. The van der Waals surface area contributed by atoms with E-state index in [1.165, 1.54) is 24.3 Å². The first-order valence-electron chi connectivity index (χ1n) is 8.26. The highest BCUT2D eigenvalue weighted by atomic mass is 19.4. The third kappa shape index (κ3) is 3.46. The minimum absolute atomic E-state index is 0.0127. The van der Waals surface area contributed by atoms with Gasteiger partial charge in [-0.15, -0.1) is 10.2 Å². The molecule has 0 aliphatic rings. The molecule has 0 unspecified atom stereocenters. The van der Waals surface area contributed by atoms with Gasteiger partial charge in [0.05, 0.1) is 12.1 Å². The van der Waals surface area contributed by atoms with Gasteiger partial charge < -0.3 is 9.73 Å². The number of amides is 1. The first kappa shape index (κ1) is 17.8. The molecule has 4 rings (SSSR count). The summed E-state index contributed by atoms with van der Waals surface area (Å²) in [6.07, 6.45) is -2.68. The van der Waals surface area contributed by atoms with Crippen molar-refractivity contribution >= 4 is 11.6 Å². The Balaban J connectivity index is 1.49. The van der Waals surface area contributed by atoms with Gasteiger partial charge in [0.2, 0.25) is 0 Å². The van der Waals surface area contributed by atoms with E-state index in [4.69, 9.17) is 4.42 Å². The average molecular weight is 386 g/mol. The molecule has 3 heterocycles. The van der Waals surface area contributed by atoms with Gasteiger partial charge in [-0.1, -0.05) is 18.2 Å². The number of furan rings is 1. The van der Waals surface area contributed by atoms with Gasteiger partial charge in [-0.25, -0.2) is 0 Å². The summed E-state index contributed by atoms with van der Waals surface area (Å²) >= 11 is 0. The van der Waals surface area contributed by atoms with Crippen molar-refractivity contribution in [1.29, 1.82) is 0 Å². The molecule has 0 saturated heterocycles. The summed E-state index contributed by atoms with van der Waals surface area (Å²) in [5.41, 5.74) is 0.0972. The molecule has 1 amide bonds. The Morgan fingerprint density at radius 2 is 1.93 bits per heavy atom. The zero-order chi connectivity index (χ0) is 19.7. The topological polar surface area (TPSA) is 72.4 Å². The smallest absolute Gasteiger partial charge is 0.416 e. The molecule has 9 heteroatoms. The molecule has 0 saturated carbocycles. The lowest BCUT2D eigenvalue weighted by molar-refractivity contribution is -0.137. The van der Waals surface area contributed by atoms with E-state index in [-0.39, 0.29) is 23.6 Å². The number of benzene rings is 1. The summed E-state index contributed by atoms with van der Waals surface area (Å²) in [6.45, 7) is 0.115. The van der Waals surface area contributed by atoms with Crippen LogP contribution in [0, 0.1) is 0 Å². The maximum Gasteiger partial charge on any atom is 0.416 e. The number of hydrogen-bond acceptors (Lipinski definition) is 4. The second-order valence-electron chi connectivity index (χ2n) is 5.97. The largest absolute Gasteiger partial charge is 0.451 e. The fourth-order valence-corrected chi connectivity index (χ4v) is 2.72. The van der Waals surface area contributed by atoms with Crippen LogP contribution in [-0.2, 0) is 12.7 Å². The average Bonchev–Trinajstić information content (AvgIpc) is 3.33. The SMILES string of the molecule is O=C(NCc1nnc2ccccn12)c1ccc(-c2cccc(C(F)(F)F)c2)o1. The van der Waals surface area contributed by atoms with Gasteiger partial charge >= 0.3 is 6.18 Å². The van der Waals surface area contributed by atoms with Gasteiger partial charge in [0, 0.05) is 11.8 Å². The van der Waals surface area contributed by atoms with Gasteiger partial charge in [0.1, 0.15) is 5.76 Å². The van der Waals surface area contributed by atoms with Crippen LogP contribution in [0.2, 0.25) is 0 Å². The summed E-state index contributed by atoms with van der Waals surface area (Å²) in [6, 6.07) is 13.0. The summed E-state index contributed by atoms with van der Waals surface area (Å²) in [7, 11) is 0. The van der Waals surface area contributed by atoms with Gasteiger partial charge in [-0.05, 0) is 36.4 Å². The molecule has 0 atom stereocenters. The number of rotatable bonds is 4. The number of halogens is 3. The highest BCUT2D eigenvalue weighted by molar-refractivity contribution is 5.92. The second-order valence-corrected chi connectivity index (χ2v) is 5.97. The van der Waals surface area contributed by atoms with Crippen molar-refractivity contribution in [1.82, 2.24) is 19.9 Å². The number of nitrogens with one attached hydrogen (secondary N) is 1. The number of carbonyl (C=O) groups is 1. The summed E-state index contributed by atoms with van der Waals surface area (Å²) < 4.78 is 45.7. The quantitative estimate of drug-likeness (QED) is 0.577. The van der Waals surface area contributed by atoms with Crippen LogP contribution >= 0.6 is 0 Å². The standard InChI is InChI=1S/C19H13F3N4O2/c20-19(21,22)13-5-3-4-12(10-13)14-7-8-15(28-14)18(27)23-11-17-25-24-16-6-1-2-9-26(16)17/h1-10H,11H2,(H,23,27). The number of alkyl halides is 3. The Bertz CT molecular complexity index is 1150. The fourth-order valence-electron chi connectivity index (χ4n) is 2.72. The maximum atomic E-state index is 12.9. The first-order valence-corrected chi connectivity index (χ1v) is 8.26. The van der Waals surface area contributed by atoms with Crippen molar-refractivity contribution < 1.29 is 22.4 Å². The van der Waals surface area contributed by atoms with Crippen LogP contribution in [0.4, 0.5) is 13.2 Å². The maximum absolute atomic E-state index is 12.9. The zero-order valence-electron chi connectivity index (χ0n) is 14.3. The highest BCUT2D eigenvalue weighted by Crippen LogP contribution is 2.32. The lowest BCUT2D eigenvalue weighted by atomic mass is 10.1. The minimum Gasteiger partial charge on any atom is -0.451 e. The number of fused-ring (bicyclic) bond motifs is 1. The molecule has 0 bridgehead atoms. The summed E-state index contributed by atoms with van der Waals surface area (Å²) in [5.74, 6) is 0.185. The Labute approximate surface area is 156 Å². The van der Waals surface area contributed by atoms with Crippen LogP contribution in [0.3, 0.4) is 0 Å². The Kier molecular flexibility index (Phi) is 4.34. The molecule has 0 spiro atoms. The molecule has 4 aromatic rings. The van der Waals surface area contributed by atoms with E-state index in [1.54, 1.807) is 16.7 Å². The van der Waals surface area contributed by atoms with Gasteiger partial charge in [0.25, 0.3) is 5.91 Å². The second kappa shape index (κ2) is 6.84. The number of pyridine rings is 1. The first-order chi connectivity index (χ1) is 13.4. The lowest BCUT2D eigenvalue weighted by Gasteiger charge is -2.07. The summed E-state index contributed by atoms with van der Waals surface area (Å²) in [4.78, 5) is 12.3. The van der Waals surface area contributed by atoms with E-state index in [2.05, 4.69) is 15.5 Å². The van der Waals surface area contributed by atoms with E-state index in [1.807, 2.05) is 12.1 Å². The third-order valence-electron chi connectivity index (χ3n) is 4.10. The molecule has 1 aromatic carbocycles.